The van der Waals surface area contributed by atoms with Crippen LogP contribution in [0.25, 0.3) is 0 Å². The van der Waals surface area contributed by atoms with Crippen LogP contribution in [0, 0.1) is 11.3 Å². The van der Waals surface area contributed by atoms with Gasteiger partial charge in [0.05, 0.1) is 18.6 Å². The number of nitrogens with one attached hydrogen (secondary N) is 1. The van der Waals surface area contributed by atoms with E-state index >= 15 is 0 Å². The fraction of sp³-hybridized carbons (Fsp3) is 0.933. The molecule has 2 unspecified atom stereocenters. The molecule has 0 bridgehead atoms. The average molecular weight is 285 g/mol. The summed E-state index contributed by atoms with van der Waals surface area (Å²) >= 11 is 0. The molecule has 2 atom stereocenters. The van der Waals surface area contributed by atoms with Crippen LogP contribution in [0.4, 0.5) is 0 Å². The first-order valence-electron chi connectivity index (χ1n) is 7.79. The fourth-order valence-corrected chi connectivity index (χ4v) is 3.14. The highest BCUT2D eigenvalue weighted by Crippen LogP contribution is 2.30. The Morgan fingerprint density at radius 2 is 2.10 bits per heavy atom. The van der Waals surface area contributed by atoms with Gasteiger partial charge in [-0.25, -0.2) is 0 Å². The van der Waals surface area contributed by atoms with Gasteiger partial charge in [0.2, 0.25) is 5.91 Å². The lowest BCUT2D eigenvalue weighted by Gasteiger charge is -2.37. The standard InChI is InChI=1S/C15H27NO4/c1-2-13-12(4-3-7-20-13)14(18)16-10-15(11-17)5-8-19-9-6-15/h12-13,17H,2-11H2,1H3,(H,16,18). The molecule has 0 aromatic carbocycles. The van der Waals surface area contributed by atoms with Gasteiger partial charge in [-0.05, 0) is 32.1 Å². The van der Waals surface area contributed by atoms with Crippen molar-refractivity contribution in [2.45, 2.75) is 45.1 Å². The van der Waals surface area contributed by atoms with Crippen molar-refractivity contribution in [3.8, 4) is 0 Å². The fourth-order valence-electron chi connectivity index (χ4n) is 3.14. The monoisotopic (exact) mass is 285 g/mol. The molecule has 2 aliphatic rings. The van der Waals surface area contributed by atoms with Gasteiger partial charge in [-0.1, -0.05) is 6.92 Å². The minimum Gasteiger partial charge on any atom is -0.396 e. The van der Waals surface area contributed by atoms with E-state index in [1.54, 1.807) is 0 Å². The summed E-state index contributed by atoms with van der Waals surface area (Å²) in [5, 5.41) is 12.7. The van der Waals surface area contributed by atoms with Crippen LogP contribution < -0.4 is 5.32 Å². The molecule has 0 aliphatic carbocycles. The molecule has 0 radical (unpaired) electrons. The normalized spacial score (nSPS) is 29.9. The predicted molar refractivity (Wildman–Crippen MR) is 75.3 cm³/mol. The first kappa shape index (κ1) is 15.7. The van der Waals surface area contributed by atoms with Gasteiger partial charge in [-0.3, -0.25) is 4.79 Å². The number of carbonyl (C=O) groups excluding carboxylic acids is 1. The van der Waals surface area contributed by atoms with Gasteiger partial charge < -0.3 is 19.9 Å². The van der Waals surface area contributed by atoms with Crippen molar-refractivity contribution in [2.75, 3.05) is 33.0 Å². The van der Waals surface area contributed by atoms with E-state index in [0.717, 1.165) is 38.7 Å². The van der Waals surface area contributed by atoms with Crippen LogP contribution in [-0.2, 0) is 14.3 Å². The first-order valence-corrected chi connectivity index (χ1v) is 7.79. The van der Waals surface area contributed by atoms with E-state index in [-0.39, 0.29) is 30.0 Å². The van der Waals surface area contributed by atoms with Crippen molar-refractivity contribution in [3.05, 3.63) is 0 Å². The van der Waals surface area contributed by atoms with E-state index in [9.17, 15) is 9.90 Å². The first-order chi connectivity index (χ1) is 9.71. The number of carbonyl (C=O) groups is 1. The van der Waals surface area contributed by atoms with E-state index in [4.69, 9.17) is 9.47 Å². The summed E-state index contributed by atoms with van der Waals surface area (Å²) < 4.78 is 11.0. The lowest BCUT2D eigenvalue weighted by Crippen LogP contribution is -2.48. The molecule has 2 aliphatic heterocycles. The van der Waals surface area contributed by atoms with Crippen molar-refractivity contribution < 1.29 is 19.4 Å². The van der Waals surface area contributed by atoms with E-state index in [2.05, 4.69) is 12.2 Å². The maximum atomic E-state index is 12.4. The van der Waals surface area contributed by atoms with Gasteiger partial charge in [-0.15, -0.1) is 0 Å². The average Bonchev–Trinajstić information content (AvgIpc) is 2.53. The lowest BCUT2D eigenvalue weighted by atomic mass is 9.80. The van der Waals surface area contributed by atoms with Crippen LogP contribution in [0.5, 0.6) is 0 Å². The molecule has 0 saturated carbocycles. The Morgan fingerprint density at radius 3 is 2.75 bits per heavy atom. The molecule has 0 aromatic rings. The maximum Gasteiger partial charge on any atom is 0.225 e. The summed E-state index contributed by atoms with van der Waals surface area (Å²) in [4.78, 5) is 12.4. The smallest absolute Gasteiger partial charge is 0.225 e. The maximum absolute atomic E-state index is 12.4. The molecule has 2 heterocycles. The van der Waals surface area contributed by atoms with Gasteiger partial charge in [0.25, 0.3) is 0 Å². The highest BCUT2D eigenvalue weighted by Gasteiger charge is 2.35. The topological polar surface area (TPSA) is 67.8 Å². The highest BCUT2D eigenvalue weighted by atomic mass is 16.5. The van der Waals surface area contributed by atoms with E-state index in [0.29, 0.717) is 19.8 Å². The van der Waals surface area contributed by atoms with E-state index in [1.165, 1.54) is 0 Å². The van der Waals surface area contributed by atoms with Gasteiger partial charge in [0, 0.05) is 31.8 Å². The Kier molecular flexibility index (Phi) is 5.81. The summed E-state index contributed by atoms with van der Waals surface area (Å²) in [6.07, 6.45) is 4.39. The number of aliphatic hydroxyl groups excluding tert-OH is 1. The Bertz CT molecular complexity index is 315. The van der Waals surface area contributed by atoms with Crippen LogP contribution >= 0.6 is 0 Å². The van der Waals surface area contributed by atoms with Gasteiger partial charge >= 0.3 is 0 Å². The second kappa shape index (κ2) is 7.38. The van der Waals surface area contributed by atoms with E-state index < -0.39 is 0 Å². The number of aliphatic hydroxyl groups is 1. The molecule has 0 spiro atoms. The zero-order valence-corrected chi connectivity index (χ0v) is 12.4. The van der Waals surface area contributed by atoms with Crippen molar-refractivity contribution >= 4 is 5.91 Å². The number of amides is 1. The molecule has 2 N–H and O–H groups in total. The zero-order valence-electron chi connectivity index (χ0n) is 12.4. The summed E-state index contributed by atoms with van der Waals surface area (Å²) in [5.74, 6) is 0.0419. The third-order valence-corrected chi connectivity index (χ3v) is 4.71. The van der Waals surface area contributed by atoms with Crippen LogP contribution in [0.3, 0.4) is 0 Å². The Balaban J connectivity index is 1.86. The highest BCUT2D eigenvalue weighted by molar-refractivity contribution is 5.79. The Hall–Kier alpha value is -0.650. The quantitative estimate of drug-likeness (QED) is 0.793. The van der Waals surface area contributed by atoms with Gasteiger partial charge in [0.1, 0.15) is 0 Å². The van der Waals surface area contributed by atoms with Crippen LogP contribution in [0.2, 0.25) is 0 Å². The second-order valence-electron chi connectivity index (χ2n) is 6.05. The molecule has 2 rings (SSSR count). The summed E-state index contributed by atoms with van der Waals surface area (Å²) in [6.45, 7) is 4.80. The summed E-state index contributed by atoms with van der Waals surface area (Å²) in [7, 11) is 0. The number of hydrogen-bond acceptors (Lipinski definition) is 4. The molecule has 2 fully saturated rings. The molecule has 5 heteroatoms. The lowest BCUT2D eigenvalue weighted by molar-refractivity contribution is -0.135. The molecular weight excluding hydrogens is 258 g/mol. The molecule has 116 valence electrons. The van der Waals surface area contributed by atoms with E-state index in [1.807, 2.05) is 0 Å². The SMILES string of the molecule is CCC1OCCCC1C(=O)NCC1(CO)CCOCC1. The van der Waals surface area contributed by atoms with Crippen molar-refractivity contribution in [1.82, 2.24) is 5.32 Å². The Morgan fingerprint density at radius 1 is 1.35 bits per heavy atom. The largest absolute Gasteiger partial charge is 0.396 e. The molecular formula is C15H27NO4. The second-order valence-corrected chi connectivity index (χ2v) is 6.05. The molecule has 1 amide bonds. The summed E-state index contributed by atoms with van der Waals surface area (Å²) in [6, 6.07) is 0. The number of ether oxygens (including phenoxy) is 2. The third kappa shape index (κ3) is 3.71. The minimum absolute atomic E-state index is 0.0377. The van der Waals surface area contributed by atoms with Crippen LogP contribution in [0.15, 0.2) is 0 Å². The predicted octanol–water partition coefficient (Wildman–Crippen LogP) is 1.10. The molecule has 2 saturated heterocycles. The van der Waals surface area contributed by atoms with Crippen molar-refractivity contribution in [1.29, 1.82) is 0 Å². The Labute approximate surface area is 121 Å². The van der Waals surface area contributed by atoms with Crippen LogP contribution in [0.1, 0.15) is 39.0 Å². The van der Waals surface area contributed by atoms with Crippen LogP contribution in [-0.4, -0.2) is 50.1 Å². The van der Waals surface area contributed by atoms with Gasteiger partial charge in [0.15, 0.2) is 0 Å². The number of rotatable bonds is 5. The molecule has 0 aromatic heterocycles. The minimum atomic E-state index is -0.203. The molecule has 5 nitrogen and oxygen atoms in total. The number of hydrogen-bond donors (Lipinski definition) is 2. The zero-order chi connectivity index (χ0) is 14.4. The third-order valence-electron chi connectivity index (χ3n) is 4.71. The van der Waals surface area contributed by atoms with Crippen molar-refractivity contribution in [3.63, 3.8) is 0 Å². The van der Waals surface area contributed by atoms with Gasteiger partial charge in [-0.2, -0.15) is 0 Å². The molecule has 20 heavy (non-hydrogen) atoms. The summed E-state index contributed by atoms with van der Waals surface area (Å²) in [5.41, 5.74) is -0.203. The van der Waals surface area contributed by atoms with Crippen molar-refractivity contribution in [2.24, 2.45) is 11.3 Å².